The Morgan fingerprint density at radius 1 is 1.17 bits per heavy atom. The second-order valence-electron chi connectivity index (χ2n) is 4.14. The van der Waals surface area contributed by atoms with Crippen molar-refractivity contribution in [1.82, 2.24) is 14.7 Å². The minimum absolute atomic E-state index is 0. The molecule has 0 unspecified atom stereocenters. The number of anilines is 1. The van der Waals surface area contributed by atoms with E-state index in [4.69, 9.17) is 0 Å². The van der Waals surface area contributed by atoms with Crippen molar-refractivity contribution in [2.24, 2.45) is 0 Å². The molecule has 2 aromatic heterocycles. The van der Waals surface area contributed by atoms with Crippen LogP contribution in [0, 0.1) is 0 Å². The van der Waals surface area contributed by atoms with Gasteiger partial charge in [0.15, 0.2) is 0 Å². The molecule has 3 rings (SSSR count). The molecule has 0 saturated carbocycles. The second kappa shape index (κ2) is 5.37. The van der Waals surface area contributed by atoms with Crippen LogP contribution in [0.15, 0.2) is 35.4 Å². The van der Waals surface area contributed by atoms with Crippen molar-refractivity contribution in [3.8, 4) is 0 Å². The normalized spacial score (nSPS) is 15.4. The summed E-state index contributed by atoms with van der Waals surface area (Å²) in [5.41, 5.74) is 1.73. The van der Waals surface area contributed by atoms with Crippen molar-refractivity contribution < 1.29 is 0 Å². The van der Waals surface area contributed by atoms with Crippen LogP contribution in [0.5, 0.6) is 0 Å². The number of hydrogen-bond acceptors (Lipinski definition) is 4. The van der Waals surface area contributed by atoms with Gasteiger partial charge >= 0.3 is 0 Å². The number of fused-ring (bicyclic) bond motifs is 1. The fourth-order valence-corrected chi connectivity index (χ4v) is 2.13. The number of rotatable bonds is 1. The van der Waals surface area contributed by atoms with Crippen LogP contribution in [0.4, 0.5) is 5.69 Å². The van der Waals surface area contributed by atoms with Crippen molar-refractivity contribution in [2.75, 3.05) is 31.1 Å². The summed E-state index contributed by atoms with van der Waals surface area (Å²) in [6.45, 7) is 3.92. The molecule has 0 amide bonds. The summed E-state index contributed by atoms with van der Waals surface area (Å²) in [4.78, 5) is 18.1. The van der Waals surface area contributed by atoms with Crippen LogP contribution >= 0.6 is 12.4 Å². The molecule has 5 nitrogen and oxygen atoms in total. The molecule has 0 aliphatic carbocycles. The molecule has 6 heteroatoms. The van der Waals surface area contributed by atoms with E-state index in [1.165, 1.54) is 6.07 Å². The maximum absolute atomic E-state index is 11.7. The standard InChI is InChI=1S/C12H14N4O.ClH/c17-12-3-4-14-11-2-1-10(9-16(11)12)15-7-5-13-6-8-15;/h1-4,9,13H,5-8H2;1H. The summed E-state index contributed by atoms with van der Waals surface area (Å²) in [6, 6.07) is 5.39. The zero-order valence-electron chi connectivity index (χ0n) is 9.87. The molecule has 1 saturated heterocycles. The zero-order valence-corrected chi connectivity index (χ0v) is 10.7. The van der Waals surface area contributed by atoms with Gasteiger partial charge in [-0.05, 0) is 12.1 Å². The van der Waals surface area contributed by atoms with Gasteiger partial charge in [-0.15, -0.1) is 12.4 Å². The first-order chi connectivity index (χ1) is 8.34. The summed E-state index contributed by atoms with van der Waals surface area (Å²) in [6.07, 6.45) is 3.41. The van der Waals surface area contributed by atoms with E-state index in [0.29, 0.717) is 5.65 Å². The van der Waals surface area contributed by atoms with Crippen LogP contribution in [-0.4, -0.2) is 35.6 Å². The van der Waals surface area contributed by atoms with Crippen LogP contribution in [0.1, 0.15) is 0 Å². The van der Waals surface area contributed by atoms with Crippen molar-refractivity contribution in [2.45, 2.75) is 0 Å². The second-order valence-corrected chi connectivity index (χ2v) is 4.14. The monoisotopic (exact) mass is 266 g/mol. The molecule has 1 aliphatic rings. The molecule has 18 heavy (non-hydrogen) atoms. The molecule has 1 fully saturated rings. The number of pyridine rings is 1. The third kappa shape index (κ3) is 2.32. The minimum Gasteiger partial charge on any atom is -0.368 e. The van der Waals surface area contributed by atoms with Crippen LogP contribution in [0.3, 0.4) is 0 Å². The summed E-state index contributed by atoms with van der Waals surface area (Å²) >= 11 is 0. The van der Waals surface area contributed by atoms with Gasteiger partial charge < -0.3 is 10.2 Å². The first kappa shape index (κ1) is 12.9. The van der Waals surface area contributed by atoms with Crippen LogP contribution in [0.2, 0.25) is 0 Å². The van der Waals surface area contributed by atoms with Crippen molar-refractivity contribution in [1.29, 1.82) is 0 Å². The molecule has 1 N–H and O–H groups in total. The Morgan fingerprint density at radius 3 is 2.72 bits per heavy atom. The van der Waals surface area contributed by atoms with Crippen molar-refractivity contribution >= 4 is 23.7 Å². The van der Waals surface area contributed by atoms with Crippen molar-refractivity contribution in [3.05, 3.63) is 40.9 Å². The molecule has 96 valence electrons. The summed E-state index contributed by atoms with van der Waals surface area (Å²) in [7, 11) is 0. The molecule has 2 aromatic rings. The lowest BCUT2D eigenvalue weighted by molar-refractivity contribution is 0.588. The van der Waals surface area contributed by atoms with Gasteiger partial charge in [-0.3, -0.25) is 9.20 Å². The van der Waals surface area contributed by atoms with E-state index in [9.17, 15) is 4.79 Å². The van der Waals surface area contributed by atoms with E-state index in [0.717, 1.165) is 31.9 Å². The number of aromatic nitrogens is 2. The predicted octanol–water partition coefficient (Wildman–Crippen LogP) is 0.526. The smallest absolute Gasteiger partial charge is 0.257 e. The fraction of sp³-hybridized carbons (Fsp3) is 0.333. The Balaban J connectivity index is 0.00000120. The quantitative estimate of drug-likeness (QED) is 0.818. The Kier molecular flexibility index (Phi) is 3.84. The van der Waals surface area contributed by atoms with Gasteiger partial charge in [0.2, 0.25) is 0 Å². The molecule has 3 heterocycles. The zero-order chi connectivity index (χ0) is 11.7. The number of hydrogen-bond donors (Lipinski definition) is 1. The first-order valence-electron chi connectivity index (χ1n) is 5.78. The number of nitrogens with one attached hydrogen (secondary N) is 1. The van der Waals surface area contributed by atoms with E-state index < -0.39 is 0 Å². The van der Waals surface area contributed by atoms with Crippen molar-refractivity contribution in [3.63, 3.8) is 0 Å². The molecule has 0 aromatic carbocycles. The Bertz CT molecular complexity index is 592. The third-order valence-electron chi connectivity index (χ3n) is 3.05. The summed E-state index contributed by atoms with van der Waals surface area (Å²) in [5, 5.41) is 3.31. The van der Waals surface area contributed by atoms with E-state index in [-0.39, 0.29) is 18.0 Å². The van der Waals surface area contributed by atoms with Gasteiger partial charge in [-0.2, -0.15) is 0 Å². The van der Waals surface area contributed by atoms with E-state index in [1.807, 2.05) is 18.3 Å². The number of halogens is 1. The summed E-state index contributed by atoms with van der Waals surface area (Å²) < 4.78 is 1.59. The lowest BCUT2D eigenvalue weighted by Gasteiger charge is -2.29. The SMILES string of the molecule is Cl.O=c1ccnc2ccc(N3CCNCC3)cn12. The molecule has 0 atom stereocenters. The Morgan fingerprint density at radius 2 is 1.94 bits per heavy atom. The van der Waals surface area contributed by atoms with E-state index >= 15 is 0 Å². The lowest BCUT2D eigenvalue weighted by Crippen LogP contribution is -2.43. The number of nitrogens with zero attached hydrogens (tertiary/aromatic N) is 3. The van der Waals surface area contributed by atoms with Gasteiger partial charge in [0, 0.05) is 44.6 Å². The maximum Gasteiger partial charge on any atom is 0.257 e. The molecular formula is C12H15ClN4O. The van der Waals surface area contributed by atoms with Gasteiger partial charge in [0.1, 0.15) is 5.65 Å². The minimum atomic E-state index is -0.0352. The average molecular weight is 267 g/mol. The molecule has 0 spiro atoms. The highest BCUT2D eigenvalue weighted by molar-refractivity contribution is 5.85. The van der Waals surface area contributed by atoms with E-state index in [2.05, 4.69) is 15.2 Å². The van der Waals surface area contributed by atoms with Gasteiger partial charge in [0.25, 0.3) is 5.56 Å². The van der Waals surface area contributed by atoms with Gasteiger partial charge in [-0.1, -0.05) is 0 Å². The molecule has 0 bridgehead atoms. The maximum atomic E-state index is 11.7. The van der Waals surface area contributed by atoms with Crippen LogP contribution in [0.25, 0.3) is 5.65 Å². The predicted molar refractivity (Wildman–Crippen MR) is 73.8 cm³/mol. The van der Waals surface area contributed by atoms with E-state index in [1.54, 1.807) is 10.6 Å². The van der Waals surface area contributed by atoms with Crippen LogP contribution in [-0.2, 0) is 0 Å². The fourth-order valence-electron chi connectivity index (χ4n) is 2.13. The largest absolute Gasteiger partial charge is 0.368 e. The molecule has 0 radical (unpaired) electrons. The van der Waals surface area contributed by atoms with Gasteiger partial charge in [-0.25, -0.2) is 4.98 Å². The highest BCUT2D eigenvalue weighted by Gasteiger charge is 2.10. The highest BCUT2D eigenvalue weighted by Crippen LogP contribution is 2.14. The van der Waals surface area contributed by atoms with Crippen LogP contribution < -0.4 is 15.8 Å². The number of piperazine rings is 1. The topological polar surface area (TPSA) is 49.6 Å². The highest BCUT2D eigenvalue weighted by atomic mass is 35.5. The van der Waals surface area contributed by atoms with Gasteiger partial charge in [0.05, 0.1) is 5.69 Å². The Hall–Kier alpha value is -1.59. The average Bonchev–Trinajstić information content (AvgIpc) is 2.40. The molecular weight excluding hydrogens is 252 g/mol. The first-order valence-corrected chi connectivity index (χ1v) is 5.78. The lowest BCUT2D eigenvalue weighted by atomic mass is 10.3. The Labute approximate surface area is 111 Å². The third-order valence-corrected chi connectivity index (χ3v) is 3.05. The summed E-state index contributed by atoms with van der Waals surface area (Å²) in [5.74, 6) is 0. The molecule has 1 aliphatic heterocycles.